The zero-order chi connectivity index (χ0) is 24.2. The molecule has 3 rings (SSSR count). The summed E-state index contributed by atoms with van der Waals surface area (Å²) in [5.41, 5.74) is -0.0162. The number of hydrogen-bond acceptors (Lipinski definition) is 7. The molecule has 0 radical (unpaired) electrons. The average molecular weight is 498 g/mol. The van der Waals surface area contributed by atoms with E-state index in [1.807, 2.05) is 0 Å². The summed E-state index contributed by atoms with van der Waals surface area (Å²) >= 11 is 6.10. The predicted molar refractivity (Wildman–Crippen MR) is 122 cm³/mol. The van der Waals surface area contributed by atoms with Crippen molar-refractivity contribution in [2.24, 2.45) is 0 Å². The van der Waals surface area contributed by atoms with Crippen molar-refractivity contribution in [2.75, 3.05) is 31.1 Å². The van der Waals surface area contributed by atoms with E-state index in [2.05, 4.69) is 5.32 Å². The zero-order valence-corrected chi connectivity index (χ0v) is 19.7. The average Bonchev–Trinajstić information content (AvgIpc) is 3.29. The molecule has 0 saturated carbocycles. The summed E-state index contributed by atoms with van der Waals surface area (Å²) in [6, 6.07) is 7.92. The number of nitro benzene ring substituents is 1. The van der Waals surface area contributed by atoms with E-state index in [4.69, 9.17) is 21.1 Å². The highest BCUT2D eigenvalue weighted by Crippen LogP contribution is 2.35. The van der Waals surface area contributed by atoms with Gasteiger partial charge >= 0.3 is 0 Å². The van der Waals surface area contributed by atoms with E-state index in [0.717, 1.165) is 23.2 Å². The van der Waals surface area contributed by atoms with Crippen LogP contribution in [0, 0.1) is 17.0 Å². The van der Waals surface area contributed by atoms with Gasteiger partial charge in [0.05, 0.1) is 28.7 Å². The Kier molecular flexibility index (Phi) is 7.77. The number of hydrogen-bond donors (Lipinski definition) is 1. The van der Waals surface area contributed by atoms with Gasteiger partial charge in [-0.05, 0) is 44.0 Å². The monoisotopic (exact) mass is 497 g/mol. The molecule has 2 aromatic carbocycles. The van der Waals surface area contributed by atoms with Gasteiger partial charge in [0.1, 0.15) is 12.3 Å². The Morgan fingerprint density at radius 2 is 2.09 bits per heavy atom. The smallest absolute Gasteiger partial charge is 0.273 e. The highest BCUT2D eigenvalue weighted by molar-refractivity contribution is 7.92. The number of anilines is 1. The molecule has 1 aliphatic rings. The van der Waals surface area contributed by atoms with Gasteiger partial charge in [0.2, 0.25) is 5.91 Å². The second-order valence-electron chi connectivity index (χ2n) is 7.47. The molecule has 1 heterocycles. The number of nitrogens with one attached hydrogen (secondary N) is 1. The molecule has 1 fully saturated rings. The highest BCUT2D eigenvalue weighted by atomic mass is 35.5. The van der Waals surface area contributed by atoms with Crippen LogP contribution in [0.3, 0.4) is 0 Å². The number of carbonyl (C=O) groups is 1. The molecule has 33 heavy (non-hydrogen) atoms. The van der Waals surface area contributed by atoms with Crippen molar-refractivity contribution in [1.82, 2.24) is 5.32 Å². The van der Waals surface area contributed by atoms with Crippen LogP contribution in [0.15, 0.2) is 41.3 Å². The van der Waals surface area contributed by atoms with Gasteiger partial charge in [0, 0.05) is 29.8 Å². The SMILES string of the molecule is COc1ccc(Cl)cc1N(CC(=O)NCC1CCCO1)S(=O)(=O)c1ccc(C)c([N+](=O)[O-])c1. The summed E-state index contributed by atoms with van der Waals surface area (Å²) in [4.78, 5) is 23.1. The van der Waals surface area contributed by atoms with E-state index in [9.17, 15) is 23.3 Å². The molecule has 0 bridgehead atoms. The number of nitrogens with zero attached hydrogens (tertiary/aromatic N) is 2. The van der Waals surface area contributed by atoms with E-state index in [1.54, 1.807) is 0 Å². The van der Waals surface area contributed by atoms with Crippen LogP contribution in [0.4, 0.5) is 11.4 Å². The van der Waals surface area contributed by atoms with Gasteiger partial charge in [-0.3, -0.25) is 19.2 Å². The molecule has 1 amide bonds. The van der Waals surface area contributed by atoms with Crippen LogP contribution in [0.25, 0.3) is 0 Å². The molecular formula is C21H24ClN3O7S. The number of ether oxygens (including phenoxy) is 2. The second kappa shape index (κ2) is 10.4. The molecule has 1 N–H and O–H groups in total. The van der Waals surface area contributed by atoms with Crippen molar-refractivity contribution in [3.8, 4) is 5.75 Å². The van der Waals surface area contributed by atoms with Crippen LogP contribution >= 0.6 is 11.6 Å². The first-order valence-electron chi connectivity index (χ1n) is 10.1. The maximum Gasteiger partial charge on any atom is 0.273 e. The third-order valence-corrected chi connectivity index (χ3v) is 7.20. The highest BCUT2D eigenvalue weighted by Gasteiger charge is 2.31. The lowest BCUT2D eigenvalue weighted by atomic mass is 10.2. The van der Waals surface area contributed by atoms with Gasteiger partial charge in [-0.2, -0.15) is 0 Å². The number of benzene rings is 2. The van der Waals surface area contributed by atoms with E-state index >= 15 is 0 Å². The number of sulfonamides is 1. The molecule has 2 aromatic rings. The topological polar surface area (TPSA) is 128 Å². The molecule has 0 aromatic heterocycles. The standard InChI is InChI=1S/C21H24ClN3O7S/c1-14-5-7-17(11-18(14)25(27)28)33(29,30)24(19-10-15(22)6-8-20(19)31-2)13-21(26)23-12-16-4-3-9-32-16/h5-8,10-11,16H,3-4,9,12-13H2,1-2H3,(H,23,26). The minimum Gasteiger partial charge on any atom is -0.495 e. The minimum absolute atomic E-state index is 0.0282. The Balaban J connectivity index is 2.01. The van der Waals surface area contributed by atoms with Gasteiger partial charge in [0.25, 0.3) is 15.7 Å². The first-order valence-corrected chi connectivity index (χ1v) is 11.9. The normalized spacial score (nSPS) is 15.8. The Labute approximate surface area is 196 Å². The van der Waals surface area contributed by atoms with Crippen LogP contribution in [0.2, 0.25) is 5.02 Å². The summed E-state index contributed by atoms with van der Waals surface area (Å²) in [5.74, 6) is -0.408. The summed E-state index contributed by atoms with van der Waals surface area (Å²) in [5, 5.41) is 14.3. The van der Waals surface area contributed by atoms with Crippen LogP contribution in [-0.2, 0) is 19.6 Å². The molecule has 1 unspecified atom stereocenters. The molecule has 178 valence electrons. The zero-order valence-electron chi connectivity index (χ0n) is 18.1. The molecule has 12 heteroatoms. The quantitative estimate of drug-likeness (QED) is 0.416. The number of rotatable bonds is 9. The molecule has 10 nitrogen and oxygen atoms in total. The third-order valence-electron chi connectivity index (χ3n) is 5.21. The molecule has 1 saturated heterocycles. The fraction of sp³-hybridized carbons (Fsp3) is 0.381. The third kappa shape index (κ3) is 5.73. The van der Waals surface area contributed by atoms with Crippen molar-refractivity contribution < 1.29 is 27.6 Å². The van der Waals surface area contributed by atoms with E-state index in [0.29, 0.717) is 12.2 Å². The lowest BCUT2D eigenvalue weighted by Crippen LogP contribution is -2.43. The number of aryl methyl sites for hydroxylation is 1. The maximum atomic E-state index is 13.6. The van der Waals surface area contributed by atoms with E-state index in [1.165, 1.54) is 44.4 Å². The second-order valence-corrected chi connectivity index (χ2v) is 9.77. The van der Waals surface area contributed by atoms with Crippen molar-refractivity contribution in [3.63, 3.8) is 0 Å². The fourth-order valence-electron chi connectivity index (χ4n) is 3.45. The molecular weight excluding hydrogens is 474 g/mol. The van der Waals surface area contributed by atoms with Crippen LogP contribution < -0.4 is 14.4 Å². The van der Waals surface area contributed by atoms with Crippen molar-refractivity contribution in [2.45, 2.75) is 30.8 Å². The summed E-state index contributed by atoms with van der Waals surface area (Å²) in [6.07, 6.45) is 1.57. The first-order chi connectivity index (χ1) is 15.6. The Hall–Kier alpha value is -2.89. The largest absolute Gasteiger partial charge is 0.495 e. The lowest BCUT2D eigenvalue weighted by Gasteiger charge is -2.26. The van der Waals surface area contributed by atoms with Crippen molar-refractivity contribution >= 4 is 38.9 Å². The van der Waals surface area contributed by atoms with Gasteiger partial charge in [-0.25, -0.2) is 8.42 Å². The van der Waals surface area contributed by atoms with Crippen molar-refractivity contribution in [1.29, 1.82) is 0 Å². The summed E-state index contributed by atoms with van der Waals surface area (Å²) < 4.78 is 38.8. The Bertz CT molecular complexity index is 1150. The Morgan fingerprint density at radius 1 is 1.33 bits per heavy atom. The first kappa shape index (κ1) is 24.7. The van der Waals surface area contributed by atoms with Gasteiger partial charge in [-0.15, -0.1) is 0 Å². The molecule has 1 aliphatic heterocycles. The van der Waals surface area contributed by atoms with Crippen LogP contribution in [-0.4, -0.2) is 52.2 Å². The maximum absolute atomic E-state index is 13.6. The molecule has 0 aliphatic carbocycles. The predicted octanol–water partition coefficient (Wildman–Crippen LogP) is 3.06. The van der Waals surface area contributed by atoms with Gasteiger partial charge in [-0.1, -0.05) is 17.7 Å². The number of amides is 1. The van der Waals surface area contributed by atoms with E-state index < -0.39 is 27.4 Å². The van der Waals surface area contributed by atoms with Crippen LogP contribution in [0.5, 0.6) is 5.75 Å². The van der Waals surface area contributed by atoms with Gasteiger partial charge < -0.3 is 14.8 Å². The fourth-order valence-corrected chi connectivity index (χ4v) is 5.06. The number of nitro groups is 1. The number of halogens is 1. The Morgan fingerprint density at radius 3 is 2.73 bits per heavy atom. The van der Waals surface area contributed by atoms with Crippen LogP contribution in [0.1, 0.15) is 18.4 Å². The van der Waals surface area contributed by atoms with Crippen molar-refractivity contribution in [3.05, 3.63) is 57.1 Å². The number of carbonyl (C=O) groups excluding carboxylic acids is 1. The van der Waals surface area contributed by atoms with E-state index in [-0.39, 0.29) is 39.7 Å². The minimum atomic E-state index is -4.41. The lowest BCUT2D eigenvalue weighted by molar-refractivity contribution is -0.385. The molecule has 1 atom stereocenters. The van der Waals surface area contributed by atoms with Gasteiger partial charge in [0.15, 0.2) is 0 Å². The molecule has 0 spiro atoms. The summed E-state index contributed by atoms with van der Waals surface area (Å²) in [6.45, 7) is 1.78. The summed E-state index contributed by atoms with van der Waals surface area (Å²) in [7, 11) is -3.06. The number of methoxy groups -OCH3 is 1.